The molecule has 0 aromatic heterocycles. The molecule has 2 rings (SSSR count). The molecule has 1 aliphatic rings. The Morgan fingerprint density at radius 2 is 1.53 bits per heavy atom. The Kier molecular flexibility index (Phi) is 4.37. The van der Waals surface area contributed by atoms with Gasteiger partial charge in [0, 0.05) is 31.0 Å². The first kappa shape index (κ1) is 13.8. The summed E-state index contributed by atoms with van der Waals surface area (Å²) >= 11 is 0. The zero-order chi connectivity index (χ0) is 13.8. The van der Waals surface area contributed by atoms with E-state index in [1.165, 1.54) is 0 Å². The predicted molar refractivity (Wildman–Crippen MR) is 73.5 cm³/mol. The normalized spacial score (nSPS) is 21.5. The van der Waals surface area contributed by atoms with Gasteiger partial charge in [0.15, 0.2) is 11.5 Å². The average Bonchev–Trinajstić information content (AvgIpc) is 2.40. The fourth-order valence-corrected chi connectivity index (χ4v) is 2.28. The molecule has 0 amide bonds. The van der Waals surface area contributed by atoms with Gasteiger partial charge in [0.1, 0.15) is 0 Å². The first-order valence-electron chi connectivity index (χ1n) is 6.31. The van der Waals surface area contributed by atoms with Gasteiger partial charge in [-0.25, -0.2) is 0 Å². The second-order valence-corrected chi connectivity index (χ2v) is 4.58. The van der Waals surface area contributed by atoms with Crippen LogP contribution in [0.4, 0.5) is 5.69 Å². The molecule has 0 aliphatic heterocycles. The highest BCUT2D eigenvalue weighted by atomic mass is 16.5. The van der Waals surface area contributed by atoms with Crippen LogP contribution in [0.15, 0.2) is 12.1 Å². The van der Waals surface area contributed by atoms with Crippen LogP contribution < -0.4 is 19.5 Å². The highest BCUT2D eigenvalue weighted by Crippen LogP contribution is 2.40. The van der Waals surface area contributed by atoms with Crippen LogP contribution >= 0.6 is 0 Å². The third-order valence-corrected chi connectivity index (χ3v) is 3.46. The van der Waals surface area contributed by atoms with Crippen molar-refractivity contribution in [2.75, 3.05) is 33.8 Å². The zero-order valence-electron chi connectivity index (χ0n) is 11.9. The number of hydrogen-bond donors (Lipinski definition) is 1. The Morgan fingerprint density at radius 1 is 0.947 bits per heavy atom. The second kappa shape index (κ2) is 6.02. The summed E-state index contributed by atoms with van der Waals surface area (Å²) in [5.41, 5.74) is 0.967. The molecule has 0 radical (unpaired) electrons. The minimum absolute atomic E-state index is 0.375. The first-order valence-corrected chi connectivity index (χ1v) is 6.31. The lowest BCUT2D eigenvalue weighted by atomic mass is 9.89. The lowest BCUT2D eigenvalue weighted by molar-refractivity contribution is 0.0328. The molecular weight excluding hydrogens is 246 g/mol. The van der Waals surface area contributed by atoms with Crippen molar-refractivity contribution >= 4 is 5.69 Å². The van der Waals surface area contributed by atoms with Crippen LogP contribution in [0, 0.1) is 0 Å². The van der Waals surface area contributed by atoms with Crippen LogP contribution in [0.1, 0.15) is 12.8 Å². The van der Waals surface area contributed by atoms with E-state index in [2.05, 4.69) is 5.32 Å². The zero-order valence-corrected chi connectivity index (χ0v) is 11.9. The molecule has 1 saturated carbocycles. The average molecular weight is 267 g/mol. The van der Waals surface area contributed by atoms with Crippen molar-refractivity contribution in [1.29, 1.82) is 0 Å². The second-order valence-electron chi connectivity index (χ2n) is 4.58. The van der Waals surface area contributed by atoms with Crippen LogP contribution in [0.25, 0.3) is 0 Å². The van der Waals surface area contributed by atoms with E-state index in [1.807, 2.05) is 12.1 Å². The summed E-state index contributed by atoms with van der Waals surface area (Å²) in [5, 5.41) is 3.45. The molecule has 106 valence electrons. The van der Waals surface area contributed by atoms with E-state index in [1.54, 1.807) is 28.4 Å². The number of rotatable bonds is 6. The Morgan fingerprint density at radius 3 is 1.95 bits per heavy atom. The summed E-state index contributed by atoms with van der Waals surface area (Å²) in [5.74, 6) is 1.93. The van der Waals surface area contributed by atoms with Crippen molar-refractivity contribution in [3.8, 4) is 17.2 Å². The van der Waals surface area contributed by atoms with Gasteiger partial charge in [-0.1, -0.05) is 0 Å². The molecule has 0 spiro atoms. The van der Waals surface area contributed by atoms with Crippen molar-refractivity contribution in [3.05, 3.63) is 12.1 Å². The summed E-state index contributed by atoms with van der Waals surface area (Å²) < 4.78 is 21.2. The third kappa shape index (κ3) is 2.87. The van der Waals surface area contributed by atoms with Gasteiger partial charge < -0.3 is 24.3 Å². The van der Waals surface area contributed by atoms with E-state index in [0.717, 1.165) is 18.5 Å². The maximum Gasteiger partial charge on any atom is 0.203 e. The maximum atomic E-state index is 5.33. The molecule has 0 unspecified atom stereocenters. The molecule has 1 aromatic carbocycles. The lowest BCUT2D eigenvalue weighted by Gasteiger charge is -2.35. The van der Waals surface area contributed by atoms with E-state index in [-0.39, 0.29) is 0 Å². The lowest BCUT2D eigenvalue weighted by Crippen LogP contribution is -2.40. The Bertz CT molecular complexity index is 404. The fraction of sp³-hybridized carbons (Fsp3) is 0.571. The number of ether oxygens (including phenoxy) is 4. The smallest absolute Gasteiger partial charge is 0.203 e. The number of benzene rings is 1. The van der Waals surface area contributed by atoms with Gasteiger partial charge in [-0.15, -0.1) is 0 Å². The minimum atomic E-state index is 0.375. The van der Waals surface area contributed by atoms with E-state index < -0.39 is 0 Å². The number of methoxy groups -OCH3 is 4. The molecule has 5 heteroatoms. The molecule has 0 heterocycles. The molecule has 19 heavy (non-hydrogen) atoms. The summed E-state index contributed by atoms with van der Waals surface area (Å²) in [6.45, 7) is 0. The van der Waals surface area contributed by atoms with E-state index >= 15 is 0 Å². The molecular formula is C14H21NO4. The summed E-state index contributed by atoms with van der Waals surface area (Å²) in [7, 11) is 6.58. The standard InChI is InChI=1S/C14H21NO4/c1-16-11-5-9(6-11)15-10-7-12(17-2)14(19-4)13(8-10)18-3/h7-9,11,15H,5-6H2,1-4H3. The van der Waals surface area contributed by atoms with Crippen molar-refractivity contribution in [3.63, 3.8) is 0 Å². The minimum Gasteiger partial charge on any atom is -0.493 e. The van der Waals surface area contributed by atoms with E-state index in [9.17, 15) is 0 Å². The summed E-state index contributed by atoms with van der Waals surface area (Å²) in [6, 6.07) is 4.27. The molecule has 5 nitrogen and oxygen atoms in total. The number of hydrogen-bond acceptors (Lipinski definition) is 5. The SMILES string of the molecule is COc1cc(NC2CC(OC)C2)cc(OC)c1OC. The van der Waals surface area contributed by atoms with Crippen molar-refractivity contribution in [2.45, 2.75) is 25.0 Å². The first-order chi connectivity index (χ1) is 9.21. The Balaban J connectivity index is 2.13. The van der Waals surface area contributed by atoms with Crippen LogP contribution in [0.2, 0.25) is 0 Å². The van der Waals surface area contributed by atoms with Gasteiger partial charge in [-0.3, -0.25) is 0 Å². The van der Waals surface area contributed by atoms with Crippen molar-refractivity contribution in [1.82, 2.24) is 0 Å². The molecule has 1 N–H and O–H groups in total. The Labute approximate surface area is 113 Å². The monoisotopic (exact) mass is 267 g/mol. The van der Waals surface area contributed by atoms with Gasteiger partial charge >= 0.3 is 0 Å². The quantitative estimate of drug-likeness (QED) is 0.857. The van der Waals surface area contributed by atoms with Gasteiger partial charge in [0.2, 0.25) is 5.75 Å². The van der Waals surface area contributed by atoms with Crippen molar-refractivity contribution < 1.29 is 18.9 Å². The van der Waals surface area contributed by atoms with Gasteiger partial charge in [-0.2, -0.15) is 0 Å². The van der Waals surface area contributed by atoms with Crippen molar-refractivity contribution in [2.24, 2.45) is 0 Å². The maximum absolute atomic E-state index is 5.33. The topological polar surface area (TPSA) is 49.0 Å². The third-order valence-electron chi connectivity index (χ3n) is 3.46. The molecule has 0 saturated heterocycles. The van der Waals surface area contributed by atoms with E-state index in [4.69, 9.17) is 18.9 Å². The van der Waals surface area contributed by atoms with Crippen LogP contribution in [-0.4, -0.2) is 40.6 Å². The summed E-state index contributed by atoms with van der Waals surface area (Å²) in [6.07, 6.45) is 2.42. The van der Waals surface area contributed by atoms with Gasteiger partial charge in [0.25, 0.3) is 0 Å². The van der Waals surface area contributed by atoms with Crippen LogP contribution in [0.3, 0.4) is 0 Å². The predicted octanol–water partition coefficient (Wildman–Crippen LogP) is 2.30. The summed E-state index contributed by atoms with van der Waals surface area (Å²) in [4.78, 5) is 0. The highest BCUT2D eigenvalue weighted by molar-refractivity contribution is 5.63. The number of anilines is 1. The van der Waals surface area contributed by atoms with Gasteiger partial charge in [0.05, 0.1) is 27.4 Å². The molecule has 0 bridgehead atoms. The molecule has 1 aliphatic carbocycles. The van der Waals surface area contributed by atoms with E-state index in [0.29, 0.717) is 29.4 Å². The Hall–Kier alpha value is -1.62. The van der Waals surface area contributed by atoms with Gasteiger partial charge in [-0.05, 0) is 12.8 Å². The van der Waals surface area contributed by atoms with Crippen LogP contribution in [-0.2, 0) is 4.74 Å². The molecule has 0 atom stereocenters. The fourth-order valence-electron chi connectivity index (χ4n) is 2.28. The molecule has 1 aromatic rings. The highest BCUT2D eigenvalue weighted by Gasteiger charge is 2.29. The van der Waals surface area contributed by atoms with Crippen LogP contribution in [0.5, 0.6) is 17.2 Å². The molecule has 1 fully saturated rings. The number of nitrogens with one attached hydrogen (secondary N) is 1. The largest absolute Gasteiger partial charge is 0.493 e.